The van der Waals surface area contributed by atoms with E-state index in [4.69, 9.17) is 0 Å². The summed E-state index contributed by atoms with van der Waals surface area (Å²) in [7, 11) is 0. The van der Waals surface area contributed by atoms with E-state index in [1.165, 1.54) is 147 Å². The van der Waals surface area contributed by atoms with Crippen LogP contribution in [0.4, 0.5) is 0 Å². The standard InChI is InChI=1S/2C21H21As.3C7H13.3C6H11.5C6H5.3C4H9.3C3H7.3C2H5.CH3.7Sb/c1-16-4-10-19(11-5-16)22(20-12-6-17(2)7-13-20)21-14-8-18(3)9-15-21;1-4-10-19(11-5-1)16-22(17-20-12-6-2-7-13-20)18-21-14-8-3-9-15-21;3*1-2-4-6-7-5-3-1;8*1-2-4-6-5-3-1;3*1-3-4-2;3*1-3-2;3*1-2;;;;;;;;/h4-15H,1-3H3;1-15H,16-18H2;3*1H,2-7H2;3*1H,2-6H2;5*1-5H;3*1,3-4H2,2H3;3*3H,1-2H3;3*1H2,2H3;1H3;;;;;;;. The van der Waals surface area contributed by atoms with Gasteiger partial charge >= 0.3 is 986 Å². The summed E-state index contributed by atoms with van der Waals surface area (Å²) in [5.74, 6) is 0. The van der Waals surface area contributed by atoms with Gasteiger partial charge in [-0.25, -0.2) is 0 Å². The van der Waals surface area contributed by atoms with Gasteiger partial charge in [-0.2, -0.15) is 0 Å². The second kappa shape index (κ2) is 80.1. The normalized spacial score (nSPS) is 15.8. The third-order valence-corrected chi connectivity index (χ3v) is 104. The van der Waals surface area contributed by atoms with Crippen LogP contribution in [0.15, 0.2) is 315 Å². The maximum atomic E-state index is 2.42. The Balaban J connectivity index is 0.000000188. The average molecular weight is 2880 g/mol. The first-order valence-corrected chi connectivity index (χ1v) is 99.6. The Bertz CT molecular complexity index is 4470. The van der Waals surface area contributed by atoms with Gasteiger partial charge in [-0.15, -0.1) is 0 Å². The van der Waals surface area contributed by atoms with Crippen molar-refractivity contribution in [2.75, 3.05) is 0 Å². The molecule has 0 radical (unpaired) electrons. The van der Waals surface area contributed by atoms with Gasteiger partial charge in [-0.3, -0.25) is 0 Å². The van der Waals surface area contributed by atoms with Gasteiger partial charge in [0.05, 0.1) is 0 Å². The summed E-state index contributed by atoms with van der Waals surface area (Å²) < 4.78 is 32.6. The second-order valence-electron chi connectivity index (χ2n) is 44.0. The Hall–Kier alpha value is -1.74. The van der Waals surface area contributed by atoms with E-state index in [2.05, 4.69) is 424 Å². The van der Waals surface area contributed by atoms with E-state index in [0.29, 0.717) is 0 Å². The van der Waals surface area contributed by atoms with Gasteiger partial charge in [0.25, 0.3) is 0 Å². The summed E-state index contributed by atoms with van der Waals surface area (Å²) in [5.41, 5.74) is 8.46. The second-order valence-corrected chi connectivity index (χ2v) is 112. The number of hydrogen-bond donors (Lipinski definition) is 0. The summed E-state index contributed by atoms with van der Waals surface area (Å²) >= 11 is -9.87. The minimum atomic E-state index is -1.83. The van der Waals surface area contributed by atoms with Crippen molar-refractivity contribution < 1.29 is 0 Å². The molecule has 0 spiro atoms. The molecule has 11 aromatic carbocycles. The van der Waals surface area contributed by atoms with E-state index in [-0.39, 0.29) is 0 Å². The van der Waals surface area contributed by atoms with Crippen LogP contribution in [0.25, 0.3) is 0 Å². The first-order valence-electron chi connectivity index (χ1n) is 59.8. The number of hydrogen-bond acceptors (Lipinski definition) is 0. The fraction of sp³-hybridized carbons (Fsp3) is 0.525. The zero-order valence-corrected chi connectivity index (χ0v) is 118. The zero-order chi connectivity index (χ0) is 105. The van der Waals surface area contributed by atoms with Crippen LogP contribution in [0.5, 0.6) is 0 Å². The van der Waals surface area contributed by atoms with Crippen molar-refractivity contribution in [1.82, 2.24) is 0 Å². The molecule has 0 atom stereocenters. The summed E-state index contributed by atoms with van der Waals surface area (Å²) in [6.45, 7) is 34.9. The molecule has 0 aliphatic heterocycles. The molecule has 9 heteroatoms. The van der Waals surface area contributed by atoms with E-state index in [1.807, 2.05) is 0 Å². The Kier molecular flexibility index (Phi) is 70.2. The number of unbranched alkanes of at least 4 members (excludes halogenated alkanes) is 3. The van der Waals surface area contributed by atoms with Crippen LogP contribution < -0.4 is 30.6 Å². The molecule has 806 valence electrons. The molecule has 6 aliphatic carbocycles. The molecule has 11 aromatic rings. The van der Waals surface area contributed by atoms with Gasteiger partial charge in [0, 0.05) is 0 Å². The summed E-state index contributed by atoms with van der Waals surface area (Å²) in [4.78, 5) is 2.42. The molecule has 6 fully saturated rings. The number of aryl methyl sites for hydroxylation is 3. The van der Waals surface area contributed by atoms with Crippen molar-refractivity contribution >= 4 is 201 Å². The Morgan fingerprint density at radius 3 is 0.615 bits per heavy atom. The van der Waals surface area contributed by atoms with Crippen LogP contribution in [0.2, 0.25) is 65.9 Å². The van der Waals surface area contributed by atoms with E-state index in [0.717, 1.165) is 11.6 Å². The van der Waals surface area contributed by atoms with Gasteiger partial charge in [0.15, 0.2) is 0 Å². The molecule has 0 bridgehead atoms. The molecule has 0 heterocycles. The third-order valence-electron chi connectivity index (χ3n) is 31.3. The Morgan fingerprint density at radius 2 is 0.432 bits per heavy atom. The number of benzene rings is 11. The van der Waals surface area contributed by atoms with Crippen molar-refractivity contribution in [2.24, 2.45) is 0 Å². The topological polar surface area (TPSA) is 0 Å². The van der Waals surface area contributed by atoms with Gasteiger partial charge in [0.1, 0.15) is 0 Å². The predicted octanol–water partition coefficient (Wildman–Crippen LogP) is 37.4. The van der Waals surface area contributed by atoms with E-state index in [1.54, 1.807) is 232 Å². The third kappa shape index (κ3) is 50.9. The van der Waals surface area contributed by atoms with E-state index >= 15 is 0 Å². The molecule has 0 N–H and O–H groups in total. The van der Waals surface area contributed by atoms with E-state index in [9.17, 15) is 0 Å². The van der Waals surface area contributed by atoms with Crippen molar-refractivity contribution in [1.29, 1.82) is 0 Å². The van der Waals surface area contributed by atoms with Crippen LogP contribution in [0.1, 0.15) is 367 Å². The van der Waals surface area contributed by atoms with Crippen molar-refractivity contribution in [3.63, 3.8) is 0 Å². The average Bonchev–Trinajstić information content (AvgIpc) is 1.02. The molecular weight excluding hydrogens is 2670 g/mol. The van der Waals surface area contributed by atoms with Crippen LogP contribution in [0.3, 0.4) is 0 Å². The van der Waals surface area contributed by atoms with Crippen molar-refractivity contribution in [3.05, 3.63) is 349 Å². The fourth-order valence-electron chi connectivity index (χ4n) is 23.4. The van der Waals surface area contributed by atoms with Crippen LogP contribution in [0, 0.1) is 20.8 Å². The van der Waals surface area contributed by atoms with Crippen molar-refractivity contribution in [2.45, 2.75) is 436 Å². The minimum absolute atomic E-state index is 0.542. The maximum absolute atomic E-state index is 2.42. The van der Waals surface area contributed by atoms with Crippen LogP contribution in [-0.4, -0.2) is 171 Å². The molecule has 0 amide bonds. The molecule has 148 heavy (non-hydrogen) atoms. The fourth-order valence-corrected chi connectivity index (χ4v) is 93.5. The van der Waals surface area contributed by atoms with Gasteiger partial charge < -0.3 is 0 Å². The van der Waals surface area contributed by atoms with Crippen LogP contribution >= 0.6 is 0 Å². The monoisotopic (exact) mass is 2870 g/mol. The molecule has 0 nitrogen and oxygen atoms in total. The first-order chi connectivity index (χ1) is 72.4. The van der Waals surface area contributed by atoms with Gasteiger partial charge in [-0.1, -0.05) is 0 Å². The van der Waals surface area contributed by atoms with Gasteiger partial charge in [0.2, 0.25) is 0 Å². The Morgan fingerprint density at radius 1 is 0.236 bits per heavy atom. The SMILES string of the molecule is C1CCC[CH]([Sb]([CH]2CCCCCC2)[CH]2CCCCCC2)CC1.C1CC[CH]([Sb]([CH]2CCCCC2)[CH]2CCCCC2)CC1.CCC[CH2][Sb]([CH2]CCC)[CH2]CCC.C[CH2][Sb]([CH2]C)[CH2]C.C[CH](C)[Sb]([CH](C)C)[CH](C)C.Cc1ccc([As](c2ccc(C)cc2)c2ccc(C)cc2)cc1.[CH3][Sb]([c]1ccccc1)[c]1ccccc1.c1cc[c]([Sb]([c]2ccccc2)[c]2ccccc2)cc1.c1ccc(C[As](Cc2ccccc2)Cc2ccccc2)cc1. The summed E-state index contributed by atoms with van der Waals surface area (Å²) in [6.07, 6.45) is 61.8. The van der Waals surface area contributed by atoms with Gasteiger partial charge in [-0.05, 0) is 0 Å². The van der Waals surface area contributed by atoms with E-state index < -0.39 is 171 Å². The summed E-state index contributed by atoms with van der Waals surface area (Å²) in [6, 6.07) is 115. The quantitative estimate of drug-likeness (QED) is 0.0274. The first kappa shape index (κ1) is 130. The predicted molar refractivity (Wildman–Crippen MR) is 682 cm³/mol. The molecule has 0 saturated heterocycles. The molecule has 6 saturated carbocycles. The number of rotatable bonds is 35. The molecular formula is C139H205As2Sb7. The molecule has 0 aromatic heterocycles. The van der Waals surface area contributed by atoms with Crippen molar-refractivity contribution in [3.8, 4) is 0 Å². The van der Waals surface area contributed by atoms with Crippen LogP contribution in [-0.2, 0) is 15.6 Å². The Labute approximate surface area is 973 Å². The molecule has 17 rings (SSSR count). The zero-order valence-electron chi connectivity index (χ0n) is 96.2. The summed E-state index contributed by atoms with van der Waals surface area (Å²) in [5, 5.41) is 3.83. The molecule has 0 unspecified atom stereocenters. The molecule has 6 aliphatic rings.